The summed E-state index contributed by atoms with van der Waals surface area (Å²) in [6.45, 7) is 0. The first-order chi connectivity index (χ1) is 10.8. The fraction of sp³-hybridized carbons (Fsp3) is 0.0625. The number of hydrogen-bond acceptors (Lipinski definition) is 3. The Bertz CT molecular complexity index is 907. The second-order valence-corrected chi connectivity index (χ2v) is 5.85. The van der Waals surface area contributed by atoms with Crippen molar-refractivity contribution >= 4 is 38.2 Å². The van der Waals surface area contributed by atoms with Gasteiger partial charge in [-0.1, -0.05) is 34.1 Å². The molecule has 0 spiro atoms. The average Bonchev–Trinajstić information content (AvgIpc) is 2.50. The molecule has 4 N–H and O–H groups in total. The van der Waals surface area contributed by atoms with Gasteiger partial charge in [0.1, 0.15) is 0 Å². The molecule has 0 radical (unpaired) electrons. The molecule has 7 heteroatoms. The lowest BCUT2D eigenvalue weighted by Gasteiger charge is -2.13. The first kappa shape index (κ1) is 15.6. The summed E-state index contributed by atoms with van der Waals surface area (Å²) in [6.07, 6.45) is -4.43. The summed E-state index contributed by atoms with van der Waals surface area (Å²) in [7, 11) is 0. The van der Waals surface area contributed by atoms with Gasteiger partial charge in [0.15, 0.2) is 0 Å². The molecular formula is C16H11BrF3N3. The van der Waals surface area contributed by atoms with Crippen molar-refractivity contribution in [2.75, 3.05) is 11.5 Å². The van der Waals surface area contributed by atoms with Crippen LogP contribution >= 0.6 is 15.9 Å². The summed E-state index contributed by atoms with van der Waals surface area (Å²) in [4.78, 5) is 4.39. The van der Waals surface area contributed by atoms with Crippen LogP contribution in [0.4, 0.5) is 24.5 Å². The van der Waals surface area contributed by atoms with Crippen LogP contribution in [0.25, 0.3) is 22.2 Å². The Balaban J connectivity index is 2.27. The largest absolute Gasteiger partial charge is 0.416 e. The summed E-state index contributed by atoms with van der Waals surface area (Å²) in [5, 5.41) is 0.640. The highest BCUT2D eigenvalue weighted by atomic mass is 79.9. The van der Waals surface area contributed by atoms with Crippen molar-refractivity contribution in [2.24, 2.45) is 0 Å². The Kier molecular flexibility index (Phi) is 3.68. The summed E-state index contributed by atoms with van der Waals surface area (Å²) in [6, 6.07) is 10.2. The van der Waals surface area contributed by atoms with E-state index < -0.39 is 11.7 Å². The number of hydrogen-bond donors (Lipinski definition) is 2. The van der Waals surface area contributed by atoms with Gasteiger partial charge in [-0.05, 0) is 24.3 Å². The molecule has 0 fully saturated rings. The quantitative estimate of drug-likeness (QED) is 0.633. The van der Waals surface area contributed by atoms with Crippen LogP contribution in [0.5, 0.6) is 0 Å². The normalized spacial score (nSPS) is 11.8. The van der Waals surface area contributed by atoms with Gasteiger partial charge >= 0.3 is 6.18 Å². The molecule has 3 rings (SSSR count). The van der Waals surface area contributed by atoms with Crippen molar-refractivity contribution < 1.29 is 13.2 Å². The molecule has 0 saturated heterocycles. The molecule has 118 valence electrons. The van der Waals surface area contributed by atoms with Gasteiger partial charge in [0, 0.05) is 15.4 Å². The zero-order valence-electron chi connectivity index (χ0n) is 11.7. The van der Waals surface area contributed by atoms with E-state index in [0.717, 1.165) is 16.6 Å². The van der Waals surface area contributed by atoms with E-state index in [-0.39, 0.29) is 22.6 Å². The topological polar surface area (TPSA) is 64.9 Å². The molecule has 3 aromatic rings. The number of nitrogens with zero attached hydrogens (tertiary/aromatic N) is 1. The van der Waals surface area contributed by atoms with E-state index >= 15 is 0 Å². The molecule has 1 heterocycles. The summed E-state index contributed by atoms with van der Waals surface area (Å²) in [5.41, 5.74) is 12.8. The van der Waals surface area contributed by atoms with Gasteiger partial charge in [-0.25, -0.2) is 4.98 Å². The second kappa shape index (κ2) is 5.42. The third-order valence-electron chi connectivity index (χ3n) is 3.50. The van der Waals surface area contributed by atoms with Crippen LogP contribution in [-0.2, 0) is 6.18 Å². The van der Waals surface area contributed by atoms with Gasteiger partial charge in [0.2, 0.25) is 0 Å². The summed E-state index contributed by atoms with van der Waals surface area (Å²) < 4.78 is 39.4. The third-order valence-corrected chi connectivity index (χ3v) is 4.16. The molecule has 0 bridgehead atoms. The minimum Gasteiger partial charge on any atom is -0.396 e. The van der Waals surface area contributed by atoms with Crippen molar-refractivity contribution in [3.8, 4) is 11.3 Å². The Morgan fingerprint density at radius 3 is 2.35 bits per heavy atom. The minimum atomic E-state index is -4.43. The number of pyridine rings is 1. The number of rotatable bonds is 1. The molecule has 0 aliphatic carbocycles. The number of aromatic nitrogens is 1. The first-order valence-corrected chi connectivity index (χ1v) is 7.39. The lowest BCUT2D eigenvalue weighted by Crippen LogP contribution is -2.06. The summed E-state index contributed by atoms with van der Waals surface area (Å²) in [5.74, 6) is 0. The molecule has 0 unspecified atom stereocenters. The number of anilines is 2. The number of halogens is 4. The molecule has 1 aromatic heterocycles. The Morgan fingerprint density at radius 2 is 1.65 bits per heavy atom. The zero-order chi connectivity index (χ0) is 16.8. The average molecular weight is 382 g/mol. The standard InChI is InChI=1S/C16H11BrF3N3/c17-10-5-2-6-11-12(10)13(21)14(22)15(23-11)8-3-1-4-9(7-8)16(18,19)20/h1-7H,22H2,(H2,21,23). The molecule has 0 amide bonds. The predicted molar refractivity (Wildman–Crippen MR) is 88.7 cm³/mol. The number of fused-ring (bicyclic) bond motifs is 1. The monoisotopic (exact) mass is 381 g/mol. The number of nitrogen functional groups attached to an aromatic ring is 2. The molecule has 3 nitrogen and oxygen atoms in total. The van der Waals surface area contributed by atoms with Crippen LogP contribution in [0.15, 0.2) is 46.9 Å². The van der Waals surface area contributed by atoms with E-state index in [0.29, 0.717) is 10.9 Å². The third kappa shape index (κ3) is 2.72. The highest BCUT2D eigenvalue weighted by Crippen LogP contribution is 2.39. The van der Waals surface area contributed by atoms with Crippen molar-refractivity contribution in [1.29, 1.82) is 0 Å². The molecule has 0 aliphatic rings. The smallest absolute Gasteiger partial charge is 0.396 e. The van der Waals surface area contributed by atoms with Crippen LogP contribution in [-0.4, -0.2) is 4.98 Å². The van der Waals surface area contributed by atoms with Crippen LogP contribution in [0.3, 0.4) is 0 Å². The van der Waals surface area contributed by atoms with E-state index in [4.69, 9.17) is 11.5 Å². The highest BCUT2D eigenvalue weighted by molar-refractivity contribution is 9.10. The lowest BCUT2D eigenvalue weighted by atomic mass is 10.0. The zero-order valence-corrected chi connectivity index (χ0v) is 13.2. The molecule has 0 aliphatic heterocycles. The predicted octanol–water partition coefficient (Wildman–Crippen LogP) is 4.85. The summed E-state index contributed by atoms with van der Waals surface area (Å²) >= 11 is 3.38. The van der Waals surface area contributed by atoms with Crippen molar-refractivity contribution in [1.82, 2.24) is 4.98 Å². The second-order valence-electron chi connectivity index (χ2n) is 5.00. The SMILES string of the molecule is Nc1c(-c2cccc(C(F)(F)F)c2)nc2cccc(Br)c2c1N. The van der Waals surface area contributed by atoms with E-state index in [1.54, 1.807) is 18.2 Å². The van der Waals surface area contributed by atoms with Crippen LogP contribution < -0.4 is 11.5 Å². The van der Waals surface area contributed by atoms with E-state index in [2.05, 4.69) is 20.9 Å². The van der Waals surface area contributed by atoms with Gasteiger partial charge in [-0.3, -0.25) is 0 Å². The molecule has 0 saturated carbocycles. The highest BCUT2D eigenvalue weighted by Gasteiger charge is 2.30. The van der Waals surface area contributed by atoms with Crippen LogP contribution in [0.2, 0.25) is 0 Å². The van der Waals surface area contributed by atoms with Gasteiger partial charge in [0.25, 0.3) is 0 Å². The Morgan fingerprint density at radius 1 is 0.957 bits per heavy atom. The Labute approximate surface area is 138 Å². The van der Waals surface area contributed by atoms with Gasteiger partial charge in [-0.15, -0.1) is 0 Å². The van der Waals surface area contributed by atoms with Crippen molar-refractivity contribution in [3.05, 3.63) is 52.5 Å². The van der Waals surface area contributed by atoms with Crippen LogP contribution in [0.1, 0.15) is 5.56 Å². The van der Waals surface area contributed by atoms with Gasteiger partial charge in [-0.2, -0.15) is 13.2 Å². The fourth-order valence-electron chi connectivity index (χ4n) is 2.38. The van der Waals surface area contributed by atoms with E-state index in [9.17, 15) is 13.2 Å². The van der Waals surface area contributed by atoms with Crippen LogP contribution in [0, 0.1) is 0 Å². The molecule has 2 aromatic carbocycles. The maximum absolute atomic E-state index is 12.9. The van der Waals surface area contributed by atoms with Gasteiger partial charge in [0.05, 0.1) is 28.1 Å². The number of benzene rings is 2. The van der Waals surface area contributed by atoms with Crippen molar-refractivity contribution in [2.45, 2.75) is 6.18 Å². The first-order valence-electron chi connectivity index (χ1n) is 6.60. The maximum Gasteiger partial charge on any atom is 0.416 e. The van der Waals surface area contributed by atoms with Gasteiger partial charge < -0.3 is 11.5 Å². The molecular weight excluding hydrogens is 371 g/mol. The fourth-order valence-corrected chi connectivity index (χ4v) is 2.95. The minimum absolute atomic E-state index is 0.156. The number of alkyl halides is 3. The lowest BCUT2D eigenvalue weighted by molar-refractivity contribution is -0.137. The van der Waals surface area contributed by atoms with Crippen molar-refractivity contribution in [3.63, 3.8) is 0 Å². The van der Waals surface area contributed by atoms with E-state index in [1.165, 1.54) is 12.1 Å². The van der Waals surface area contributed by atoms with E-state index in [1.807, 2.05) is 0 Å². The number of nitrogens with two attached hydrogens (primary N) is 2. The maximum atomic E-state index is 12.9. The molecule has 23 heavy (non-hydrogen) atoms. The Hall–Kier alpha value is -2.28. The molecule has 0 atom stereocenters.